The van der Waals surface area contributed by atoms with Crippen molar-refractivity contribution in [3.8, 4) is 5.75 Å². The maximum absolute atomic E-state index is 12.5. The molecule has 0 saturated carbocycles. The molecule has 0 unspecified atom stereocenters. The Labute approximate surface area is 108 Å². The van der Waals surface area contributed by atoms with Crippen LogP contribution in [0.25, 0.3) is 0 Å². The average molecular weight is 280 g/mol. The van der Waals surface area contributed by atoms with Crippen molar-refractivity contribution in [1.29, 1.82) is 0 Å². The van der Waals surface area contributed by atoms with Gasteiger partial charge in [0.05, 0.1) is 13.7 Å². The first-order chi connectivity index (χ1) is 8.92. The van der Waals surface area contributed by atoms with Gasteiger partial charge in [0, 0.05) is 13.6 Å². The van der Waals surface area contributed by atoms with Gasteiger partial charge in [-0.3, -0.25) is 0 Å². The third kappa shape index (κ3) is 4.12. The van der Waals surface area contributed by atoms with Gasteiger partial charge >= 0.3 is 6.18 Å². The predicted molar refractivity (Wildman–Crippen MR) is 63.5 cm³/mol. The molecule has 19 heavy (non-hydrogen) atoms. The van der Waals surface area contributed by atoms with Crippen molar-refractivity contribution < 1.29 is 23.0 Å². The maximum Gasteiger partial charge on any atom is 0.405 e. The van der Waals surface area contributed by atoms with Crippen molar-refractivity contribution in [1.82, 2.24) is 9.97 Å². The molecule has 0 bridgehead atoms. The number of aromatic nitrogens is 2. The van der Waals surface area contributed by atoms with Crippen molar-refractivity contribution in [2.45, 2.75) is 6.18 Å². The largest absolute Gasteiger partial charge is 0.490 e. The molecular weight excluding hydrogens is 265 g/mol. The fourth-order valence-electron chi connectivity index (χ4n) is 1.55. The second-order valence-electron chi connectivity index (χ2n) is 3.59. The molecule has 0 amide bonds. The van der Waals surface area contributed by atoms with Gasteiger partial charge in [-0.2, -0.15) is 13.2 Å². The summed E-state index contributed by atoms with van der Waals surface area (Å²) < 4.78 is 42.6. The minimum absolute atomic E-state index is 0.0202. The standard InChI is InChI=1S/C10H15F3N4O2/c1-14-8-7(19-2)9(16-6-15-8)17(3-4-18)5-10(11,12)13/h6,18H,3-5H2,1-2H3,(H,14,15,16). The van der Waals surface area contributed by atoms with Gasteiger partial charge in [-0.1, -0.05) is 0 Å². The van der Waals surface area contributed by atoms with Crippen molar-refractivity contribution in [2.24, 2.45) is 0 Å². The van der Waals surface area contributed by atoms with Crippen molar-refractivity contribution in [3.63, 3.8) is 0 Å². The van der Waals surface area contributed by atoms with Crippen molar-refractivity contribution in [2.75, 3.05) is 44.1 Å². The number of nitrogens with zero attached hydrogens (tertiary/aromatic N) is 3. The monoisotopic (exact) mass is 280 g/mol. The quantitative estimate of drug-likeness (QED) is 0.806. The second-order valence-corrected chi connectivity index (χ2v) is 3.59. The van der Waals surface area contributed by atoms with E-state index in [0.29, 0.717) is 0 Å². The summed E-state index contributed by atoms with van der Waals surface area (Å²) in [5.41, 5.74) is 0. The molecule has 0 aliphatic rings. The van der Waals surface area contributed by atoms with E-state index in [-0.39, 0.29) is 23.9 Å². The highest BCUT2D eigenvalue weighted by Gasteiger charge is 2.32. The summed E-state index contributed by atoms with van der Waals surface area (Å²) in [6, 6.07) is 0. The molecule has 0 radical (unpaired) electrons. The SMILES string of the molecule is CNc1ncnc(N(CCO)CC(F)(F)F)c1OC. The van der Waals surface area contributed by atoms with E-state index in [1.54, 1.807) is 7.05 Å². The van der Waals surface area contributed by atoms with Crippen LogP contribution in [0.2, 0.25) is 0 Å². The number of ether oxygens (including phenoxy) is 1. The minimum atomic E-state index is -4.41. The summed E-state index contributed by atoms with van der Waals surface area (Å²) >= 11 is 0. The van der Waals surface area contributed by atoms with Crippen LogP contribution in [0.15, 0.2) is 6.33 Å². The first-order valence-corrected chi connectivity index (χ1v) is 5.42. The molecule has 0 fully saturated rings. The molecule has 6 nitrogen and oxygen atoms in total. The van der Waals surface area contributed by atoms with Gasteiger partial charge in [0.1, 0.15) is 12.9 Å². The lowest BCUT2D eigenvalue weighted by molar-refractivity contribution is -0.120. The van der Waals surface area contributed by atoms with Crippen LogP contribution in [0.5, 0.6) is 5.75 Å². The normalized spacial score (nSPS) is 11.3. The highest BCUT2D eigenvalue weighted by Crippen LogP contribution is 2.33. The first-order valence-electron chi connectivity index (χ1n) is 5.42. The van der Waals surface area contributed by atoms with Gasteiger partial charge in [0.25, 0.3) is 0 Å². The average Bonchev–Trinajstić information content (AvgIpc) is 2.35. The van der Waals surface area contributed by atoms with Gasteiger partial charge in [-0.15, -0.1) is 0 Å². The van der Waals surface area contributed by atoms with Crippen LogP contribution in [0.4, 0.5) is 24.8 Å². The van der Waals surface area contributed by atoms with Gasteiger partial charge < -0.3 is 20.1 Å². The van der Waals surface area contributed by atoms with Crippen LogP contribution in [0.1, 0.15) is 0 Å². The molecule has 0 saturated heterocycles. The first kappa shape index (κ1) is 15.3. The number of hydrogen-bond donors (Lipinski definition) is 2. The van der Waals surface area contributed by atoms with E-state index >= 15 is 0 Å². The van der Waals surface area contributed by atoms with Crippen molar-refractivity contribution in [3.05, 3.63) is 6.33 Å². The zero-order chi connectivity index (χ0) is 14.5. The molecular formula is C10H15F3N4O2. The van der Waals surface area contributed by atoms with Crippen molar-refractivity contribution >= 4 is 11.6 Å². The Hall–Kier alpha value is -1.77. The molecule has 0 aromatic carbocycles. The second kappa shape index (κ2) is 6.41. The Morgan fingerprint density at radius 1 is 1.42 bits per heavy atom. The number of methoxy groups -OCH3 is 1. The molecule has 1 aromatic heterocycles. The van der Waals surface area contributed by atoms with E-state index in [0.717, 1.165) is 11.2 Å². The van der Waals surface area contributed by atoms with E-state index in [9.17, 15) is 13.2 Å². The lowest BCUT2D eigenvalue weighted by Gasteiger charge is -2.25. The summed E-state index contributed by atoms with van der Waals surface area (Å²) in [7, 11) is 2.88. The van der Waals surface area contributed by atoms with E-state index in [1.807, 2.05) is 0 Å². The molecule has 0 atom stereocenters. The Balaban J connectivity index is 3.14. The zero-order valence-corrected chi connectivity index (χ0v) is 10.5. The Morgan fingerprint density at radius 3 is 2.58 bits per heavy atom. The van der Waals surface area contributed by atoms with Crippen LogP contribution in [0.3, 0.4) is 0 Å². The maximum atomic E-state index is 12.5. The minimum Gasteiger partial charge on any atom is -0.490 e. The topological polar surface area (TPSA) is 70.5 Å². The van der Waals surface area contributed by atoms with Crippen LogP contribution in [0, 0.1) is 0 Å². The highest BCUT2D eigenvalue weighted by molar-refractivity contribution is 5.64. The third-order valence-corrected chi connectivity index (χ3v) is 2.27. The number of nitrogens with one attached hydrogen (secondary N) is 1. The fourth-order valence-corrected chi connectivity index (χ4v) is 1.55. The Bertz CT molecular complexity index is 414. The summed E-state index contributed by atoms with van der Waals surface area (Å²) in [6.45, 7) is -1.88. The molecule has 0 spiro atoms. The van der Waals surface area contributed by atoms with Crippen LogP contribution in [-0.4, -0.2) is 55.1 Å². The van der Waals surface area contributed by atoms with Gasteiger partial charge in [-0.25, -0.2) is 9.97 Å². The summed E-state index contributed by atoms with van der Waals surface area (Å²) in [6.07, 6.45) is -3.28. The zero-order valence-electron chi connectivity index (χ0n) is 10.5. The number of halogens is 3. The van der Waals surface area contributed by atoms with E-state index in [4.69, 9.17) is 9.84 Å². The number of hydrogen-bond acceptors (Lipinski definition) is 6. The summed E-state index contributed by atoms with van der Waals surface area (Å²) in [5.74, 6) is 0.355. The van der Waals surface area contributed by atoms with Crippen LogP contribution >= 0.6 is 0 Å². The van der Waals surface area contributed by atoms with E-state index in [1.165, 1.54) is 7.11 Å². The number of rotatable bonds is 6. The number of anilines is 2. The number of alkyl halides is 3. The molecule has 0 aliphatic carbocycles. The molecule has 1 aromatic rings. The lowest BCUT2D eigenvalue weighted by Crippen LogP contribution is -2.37. The van der Waals surface area contributed by atoms with E-state index in [2.05, 4.69) is 15.3 Å². The lowest BCUT2D eigenvalue weighted by atomic mass is 10.4. The van der Waals surface area contributed by atoms with E-state index < -0.39 is 19.3 Å². The smallest absolute Gasteiger partial charge is 0.405 e. The van der Waals surface area contributed by atoms with Crippen LogP contribution in [-0.2, 0) is 0 Å². The summed E-state index contributed by atoms with van der Waals surface area (Å²) in [5, 5.41) is 11.6. The predicted octanol–water partition coefficient (Wildman–Crippen LogP) is 0.888. The van der Waals surface area contributed by atoms with Gasteiger partial charge in [0.2, 0.25) is 5.75 Å². The molecule has 108 valence electrons. The molecule has 2 N–H and O–H groups in total. The Kier molecular flexibility index (Phi) is 5.16. The summed E-state index contributed by atoms with van der Waals surface area (Å²) in [4.78, 5) is 8.54. The van der Waals surface area contributed by atoms with Gasteiger partial charge in [-0.05, 0) is 0 Å². The molecule has 1 rings (SSSR count). The van der Waals surface area contributed by atoms with Gasteiger partial charge in [0.15, 0.2) is 11.6 Å². The van der Waals surface area contributed by atoms with Crippen LogP contribution < -0.4 is 15.0 Å². The molecule has 1 heterocycles. The number of aliphatic hydroxyl groups excluding tert-OH is 1. The molecule has 9 heteroatoms. The fraction of sp³-hybridized carbons (Fsp3) is 0.600. The number of aliphatic hydroxyl groups is 1. The Morgan fingerprint density at radius 2 is 2.11 bits per heavy atom. The third-order valence-electron chi connectivity index (χ3n) is 2.27. The molecule has 0 aliphatic heterocycles. The highest BCUT2D eigenvalue weighted by atomic mass is 19.4.